The molecule has 1 unspecified atom stereocenters. The quantitative estimate of drug-likeness (QED) is 0.178. The van der Waals surface area contributed by atoms with Crippen LogP contribution in [0.1, 0.15) is 68.2 Å². The molecule has 1 N–H and O–H groups in total. The van der Waals surface area contributed by atoms with Gasteiger partial charge < -0.3 is 5.32 Å². The largest absolute Gasteiger partial charge is 0.346 e. The molecule has 0 aromatic heterocycles. The molecule has 1 saturated heterocycles. The first-order chi connectivity index (χ1) is 19.1. The smallest absolute Gasteiger partial charge is 0.306 e. The maximum atomic E-state index is 13.7. The Hall–Kier alpha value is -3.39. The van der Waals surface area contributed by atoms with Crippen LogP contribution in [0.3, 0.4) is 0 Å². The standard InChI is InChI=1S/C32H37F2N3O2S/c1-5-28(35-19-9-7-8-10-24-12-15-26(16-13-24)32(33,34)6-2)25-14-18-29(23(4)20-25)36-31(39)37-30-22(3)11-17-27(38)21-40-30/h5-6,12-16,18-20,22H,2,7-11,17,21H2,1,3-4H3,(H,36,39)/b28-5-,35-19?,37-30-. The van der Waals surface area contributed by atoms with Gasteiger partial charge in [0, 0.05) is 35.4 Å². The first-order valence-electron chi connectivity index (χ1n) is 13.6. The topological polar surface area (TPSA) is 70.9 Å². The number of alkyl halides is 2. The highest BCUT2D eigenvalue weighted by Crippen LogP contribution is 2.29. The van der Waals surface area contributed by atoms with E-state index in [2.05, 4.69) is 21.9 Å². The molecule has 0 saturated carbocycles. The minimum Gasteiger partial charge on any atom is -0.306 e. The van der Waals surface area contributed by atoms with E-state index in [0.29, 0.717) is 35.4 Å². The van der Waals surface area contributed by atoms with Crippen LogP contribution in [-0.4, -0.2) is 28.8 Å². The lowest BCUT2D eigenvalue weighted by Crippen LogP contribution is -2.13. The lowest BCUT2D eigenvalue weighted by Gasteiger charge is -2.12. The van der Waals surface area contributed by atoms with E-state index in [-0.39, 0.29) is 17.3 Å². The first-order valence-corrected chi connectivity index (χ1v) is 14.6. The molecule has 5 nitrogen and oxygen atoms in total. The van der Waals surface area contributed by atoms with Crippen LogP contribution in [0.5, 0.6) is 0 Å². The van der Waals surface area contributed by atoms with Crippen LogP contribution in [0.4, 0.5) is 19.3 Å². The van der Waals surface area contributed by atoms with Crippen LogP contribution in [0.15, 0.2) is 71.2 Å². The summed E-state index contributed by atoms with van der Waals surface area (Å²) in [6, 6.07) is 11.7. The Balaban J connectivity index is 1.50. The molecule has 3 rings (SSSR count). The number of urea groups is 1. The van der Waals surface area contributed by atoms with E-state index in [9.17, 15) is 18.4 Å². The summed E-state index contributed by atoms with van der Waals surface area (Å²) < 4.78 is 27.3. The fourth-order valence-electron chi connectivity index (χ4n) is 4.27. The Morgan fingerprint density at radius 2 is 1.95 bits per heavy atom. The number of Topliss-reactive ketones (excluding diaryl/α,β-unsaturated/α-hetero) is 1. The minimum atomic E-state index is -3.00. The van der Waals surface area contributed by atoms with Crippen LogP contribution >= 0.6 is 11.8 Å². The number of aliphatic imine (C=N–C) groups is 2. The number of benzene rings is 2. The van der Waals surface area contributed by atoms with Crippen LogP contribution in [0, 0.1) is 12.8 Å². The maximum Gasteiger partial charge on any atom is 0.346 e. The van der Waals surface area contributed by atoms with E-state index in [0.717, 1.165) is 48.1 Å². The maximum absolute atomic E-state index is 13.7. The first kappa shape index (κ1) is 31.1. The number of rotatable bonds is 10. The summed E-state index contributed by atoms with van der Waals surface area (Å²) in [5.74, 6) is -2.36. The van der Waals surface area contributed by atoms with Crippen LogP contribution in [0.2, 0.25) is 0 Å². The number of aryl methyl sites for hydroxylation is 2. The second-order valence-electron chi connectivity index (χ2n) is 9.93. The molecule has 2 aromatic carbocycles. The van der Waals surface area contributed by atoms with Crippen molar-refractivity contribution in [1.29, 1.82) is 0 Å². The van der Waals surface area contributed by atoms with E-state index >= 15 is 0 Å². The number of ketones is 1. The second kappa shape index (κ2) is 14.8. The summed E-state index contributed by atoms with van der Waals surface area (Å²) in [6.07, 6.45) is 9.24. The molecule has 2 aromatic rings. The molecule has 0 spiro atoms. The molecule has 1 aliphatic rings. The summed E-state index contributed by atoms with van der Waals surface area (Å²) in [6.45, 7) is 9.05. The number of halogens is 2. The molecule has 1 fully saturated rings. The molecule has 0 bridgehead atoms. The highest BCUT2D eigenvalue weighted by atomic mass is 32.2. The lowest BCUT2D eigenvalue weighted by atomic mass is 10.0. The number of unbranched alkanes of at least 4 members (excludes halogenated alkanes) is 2. The van der Waals surface area contributed by atoms with Crippen LogP contribution < -0.4 is 5.32 Å². The third kappa shape index (κ3) is 9.08. The highest BCUT2D eigenvalue weighted by Gasteiger charge is 2.26. The average Bonchev–Trinajstić information content (AvgIpc) is 3.10. The number of nitrogens with one attached hydrogen (secondary N) is 1. The number of amides is 2. The number of anilines is 1. The van der Waals surface area contributed by atoms with Crippen molar-refractivity contribution >= 4 is 46.2 Å². The van der Waals surface area contributed by atoms with Crippen molar-refractivity contribution in [2.24, 2.45) is 15.9 Å². The summed E-state index contributed by atoms with van der Waals surface area (Å²) in [5.41, 5.74) is 4.35. The molecule has 8 heteroatoms. The molecule has 0 aliphatic carbocycles. The third-order valence-corrected chi connectivity index (χ3v) is 8.04. The number of allylic oxidation sites excluding steroid dienone is 2. The third-order valence-electron chi connectivity index (χ3n) is 6.78. The summed E-state index contributed by atoms with van der Waals surface area (Å²) in [4.78, 5) is 33.1. The van der Waals surface area contributed by atoms with Crippen molar-refractivity contribution in [3.8, 4) is 0 Å². The number of nitrogens with zero attached hydrogens (tertiary/aromatic N) is 2. The molecular weight excluding hydrogens is 528 g/mol. The molecule has 2 amide bonds. The van der Waals surface area contributed by atoms with E-state index in [4.69, 9.17) is 0 Å². The summed E-state index contributed by atoms with van der Waals surface area (Å²) >= 11 is 1.35. The Bertz CT molecular complexity index is 1300. The summed E-state index contributed by atoms with van der Waals surface area (Å²) in [7, 11) is 0. The normalized spacial score (nSPS) is 17.7. The molecule has 1 aliphatic heterocycles. The SMILES string of the molecule is C=CC(F)(F)c1ccc(CCCCC=N/C(=C\C)c2ccc(NC(=O)/N=C3\SCC(=O)CCC3C)c(C)c2)cc1. The number of thioether (sulfide) groups is 1. The van der Waals surface area contributed by atoms with Gasteiger partial charge in [-0.15, -0.1) is 11.8 Å². The van der Waals surface area contributed by atoms with Gasteiger partial charge in [-0.2, -0.15) is 13.8 Å². The number of carbonyl (C=O) groups is 2. The van der Waals surface area contributed by atoms with Gasteiger partial charge in [0.05, 0.1) is 16.5 Å². The van der Waals surface area contributed by atoms with Crippen LogP contribution in [0.25, 0.3) is 5.70 Å². The van der Waals surface area contributed by atoms with Crippen molar-refractivity contribution in [2.75, 3.05) is 11.1 Å². The Morgan fingerprint density at radius 3 is 2.62 bits per heavy atom. The van der Waals surface area contributed by atoms with Gasteiger partial charge in [-0.3, -0.25) is 9.79 Å². The second-order valence-corrected chi connectivity index (χ2v) is 10.9. The molecular formula is C32H37F2N3O2S. The Kier molecular flexibility index (Phi) is 11.6. The fourth-order valence-corrected chi connectivity index (χ4v) is 5.28. The van der Waals surface area contributed by atoms with Crippen molar-refractivity contribution in [2.45, 2.75) is 65.2 Å². The van der Waals surface area contributed by atoms with Gasteiger partial charge in [0.15, 0.2) is 0 Å². The molecule has 0 radical (unpaired) electrons. The molecule has 40 heavy (non-hydrogen) atoms. The zero-order valence-electron chi connectivity index (χ0n) is 23.4. The van der Waals surface area contributed by atoms with Gasteiger partial charge >= 0.3 is 6.03 Å². The molecule has 1 atom stereocenters. The van der Waals surface area contributed by atoms with Gasteiger partial charge in [0.25, 0.3) is 5.92 Å². The minimum absolute atomic E-state index is 0.0424. The van der Waals surface area contributed by atoms with E-state index in [1.807, 2.05) is 51.3 Å². The number of hydrogen-bond donors (Lipinski definition) is 1. The molecule has 212 valence electrons. The van der Waals surface area contributed by atoms with Gasteiger partial charge in [0.1, 0.15) is 5.78 Å². The predicted octanol–water partition coefficient (Wildman–Crippen LogP) is 8.78. The lowest BCUT2D eigenvalue weighted by molar-refractivity contribution is -0.116. The van der Waals surface area contributed by atoms with Gasteiger partial charge in [-0.25, -0.2) is 4.79 Å². The Labute approximate surface area is 240 Å². The monoisotopic (exact) mass is 565 g/mol. The zero-order chi connectivity index (χ0) is 29.1. The van der Waals surface area contributed by atoms with Gasteiger partial charge in [-0.05, 0) is 75.3 Å². The molecule has 1 heterocycles. The fraction of sp³-hybridized carbons (Fsp3) is 0.375. The van der Waals surface area contributed by atoms with Crippen LogP contribution in [-0.2, 0) is 17.1 Å². The van der Waals surface area contributed by atoms with Gasteiger partial charge in [0.2, 0.25) is 0 Å². The number of hydrogen-bond acceptors (Lipinski definition) is 4. The highest BCUT2D eigenvalue weighted by molar-refractivity contribution is 8.14. The van der Waals surface area contributed by atoms with Crippen molar-refractivity contribution in [3.63, 3.8) is 0 Å². The van der Waals surface area contributed by atoms with Crippen molar-refractivity contribution in [3.05, 3.63) is 83.4 Å². The van der Waals surface area contributed by atoms with E-state index in [1.54, 1.807) is 12.1 Å². The van der Waals surface area contributed by atoms with Gasteiger partial charge in [-0.1, -0.05) is 49.9 Å². The van der Waals surface area contributed by atoms with E-state index < -0.39 is 12.0 Å². The van der Waals surface area contributed by atoms with Crippen molar-refractivity contribution < 1.29 is 18.4 Å². The Morgan fingerprint density at radius 1 is 1.20 bits per heavy atom. The van der Waals surface area contributed by atoms with E-state index in [1.165, 1.54) is 23.9 Å². The zero-order valence-corrected chi connectivity index (χ0v) is 24.2. The average molecular weight is 566 g/mol. The number of carbonyl (C=O) groups excluding carboxylic acids is 2. The summed E-state index contributed by atoms with van der Waals surface area (Å²) in [5, 5.41) is 3.57. The predicted molar refractivity (Wildman–Crippen MR) is 164 cm³/mol. The van der Waals surface area contributed by atoms with Crippen molar-refractivity contribution in [1.82, 2.24) is 0 Å².